The Balaban J connectivity index is 1.66. The van der Waals surface area contributed by atoms with Crippen molar-refractivity contribution in [3.8, 4) is 0 Å². The number of hydrogen-bond donors (Lipinski definition) is 1. The fourth-order valence-corrected chi connectivity index (χ4v) is 2.35. The number of amides is 1. The van der Waals surface area contributed by atoms with Gasteiger partial charge in [-0.2, -0.15) is 0 Å². The van der Waals surface area contributed by atoms with E-state index in [4.69, 9.17) is 4.74 Å². The van der Waals surface area contributed by atoms with Crippen LogP contribution in [0.5, 0.6) is 0 Å². The van der Waals surface area contributed by atoms with E-state index in [1.165, 1.54) is 11.1 Å². The molecule has 0 saturated heterocycles. The fraction of sp³-hybridized carbons (Fsp3) is 0.300. The van der Waals surface area contributed by atoms with Crippen LogP contribution in [0.4, 0.5) is 0 Å². The van der Waals surface area contributed by atoms with Crippen molar-refractivity contribution < 1.29 is 14.3 Å². The Morgan fingerprint density at radius 1 is 1.00 bits per heavy atom. The van der Waals surface area contributed by atoms with Crippen LogP contribution in [0, 0.1) is 13.8 Å². The Morgan fingerprint density at radius 2 is 1.71 bits per heavy atom. The van der Waals surface area contributed by atoms with Crippen LogP contribution in [0.2, 0.25) is 0 Å². The number of ether oxygens (including phenoxy) is 1. The zero-order valence-corrected chi connectivity index (χ0v) is 14.2. The highest BCUT2D eigenvalue weighted by Crippen LogP contribution is 2.07. The summed E-state index contributed by atoms with van der Waals surface area (Å²) in [4.78, 5) is 23.5. The summed E-state index contributed by atoms with van der Waals surface area (Å²) in [6, 6.07) is 15.7. The molecule has 2 aromatic carbocycles. The molecule has 24 heavy (non-hydrogen) atoms. The van der Waals surface area contributed by atoms with Crippen LogP contribution in [0.3, 0.4) is 0 Å². The second kappa shape index (κ2) is 8.87. The van der Waals surface area contributed by atoms with Gasteiger partial charge in [0.2, 0.25) is 0 Å². The molecule has 0 atom stereocenters. The van der Waals surface area contributed by atoms with Crippen LogP contribution in [-0.2, 0) is 27.2 Å². The Morgan fingerprint density at radius 3 is 2.42 bits per heavy atom. The van der Waals surface area contributed by atoms with Crippen molar-refractivity contribution in [3.63, 3.8) is 0 Å². The number of aryl methyl sites for hydroxylation is 2. The summed E-state index contributed by atoms with van der Waals surface area (Å²) in [5.74, 6) is -0.672. The van der Waals surface area contributed by atoms with Crippen molar-refractivity contribution in [1.82, 2.24) is 5.32 Å². The van der Waals surface area contributed by atoms with Crippen molar-refractivity contribution in [2.75, 3.05) is 13.2 Å². The van der Waals surface area contributed by atoms with E-state index < -0.39 is 5.97 Å². The molecule has 2 rings (SSSR count). The normalized spacial score (nSPS) is 10.2. The molecule has 126 valence electrons. The largest absolute Gasteiger partial charge is 0.455 e. The lowest BCUT2D eigenvalue weighted by atomic mass is 10.1. The summed E-state index contributed by atoms with van der Waals surface area (Å²) >= 11 is 0. The summed E-state index contributed by atoms with van der Waals surface area (Å²) in [5.41, 5.74) is 4.43. The second-order valence-electron chi connectivity index (χ2n) is 5.85. The van der Waals surface area contributed by atoms with Gasteiger partial charge in [0.1, 0.15) is 0 Å². The maximum atomic E-state index is 11.7. The van der Waals surface area contributed by atoms with Gasteiger partial charge in [0.25, 0.3) is 5.91 Å². The van der Waals surface area contributed by atoms with Gasteiger partial charge in [-0.15, -0.1) is 0 Å². The van der Waals surface area contributed by atoms with Crippen LogP contribution < -0.4 is 5.32 Å². The van der Waals surface area contributed by atoms with Crippen molar-refractivity contribution >= 4 is 11.9 Å². The molecule has 0 unspecified atom stereocenters. The van der Waals surface area contributed by atoms with E-state index in [9.17, 15) is 9.59 Å². The Kier molecular flexibility index (Phi) is 6.55. The average molecular weight is 325 g/mol. The number of carbonyl (C=O) groups is 2. The molecule has 0 heterocycles. The fourth-order valence-electron chi connectivity index (χ4n) is 2.35. The first-order valence-corrected chi connectivity index (χ1v) is 8.07. The lowest BCUT2D eigenvalue weighted by Gasteiger charge is -2.08. The summed E-state index contributed by atoms with van der Waals surface area (Å²) in [6.07, 6.45) is 0.937. The highest BCUT2D eigenvalue weighted by molar-refractivity contribution is 5.81. The maximum absolute atomic E-state index is 11.7. The first-order chi connectivity index (χ1) is 11.5. The quantitative estimate of drug-likeness (QED) is 0.797. The predicted molar refractivity (Wildman–Crippen MR) is 93.7 cm³/mol. The first-order valence-electron chi connectivity index (χ1n) is 8.07. The molecule has 2 aromatic rings. The highest BCUT2D eigenvalue weighted by Gasteiger charge is 2.08. The maximum Gasteiger partial charge on any atom is 0.310 e. The molecule has 0 aliphatic carbocycles. The van der Waals surface area contributed by atoms with Gasteiger partial charge >= 0.3 is 5.97 Å². The van der Waals surface area contributed by atoms with Gasteiger partial charge in [0.05, 0.1) is 6.42 Å². The SMILES string of the molecule is Cc1ccc(CC(=O)OCC(=O)NCCc2ccccc2C)cc1. The molecule has 1 N–H and O–H groups in total. The number of esters is 1. The topological polar surface area (TPSA) is 55.4 Å². The van der Waals surface area contributed by atoms with Gasteiger partial charge in [-0.05, 0) is 37.0 Å². The van der Waals surface area contributed by atoms with E-state index in [0.29, 0.717) is 6.54 Å². The molecule has 0 bridgehead atoms. The smallest absolute Gasteiger partial charge is 0.310 e. The Hall–Kier alpha value is -2.62. The molecule has 0 saturated carbocycles. The van der Waals surface area contributed by atoms with Crippen LogP contribution in [0.15, 0.2) is 48.5 Å². The number of rotatable bonds is 7. The average Bonchev–Trinajstić information content (AvgIpc) is 2.57. The van der Waals surface area contributed by atoms with E-state index in [2.05, 4.69) is 5.32 Å². The molecule has 4 heteroatoms. The molecule has 0 aliphatic rings. The van der Waals surface area contributed by atoms with Crippen LogP contribution in [0.25, 0.3) is 0 Å². The van der Waals surface area contributed by atoms with Gasteiger partial charge in [-0.25, -0.2) is 0 Å². The van der Waals surface area contributed by atoms with Crippen molar-refractivity contribution in [3.05, 3.63) is 70.8 Å². The van der Waals surface area contributed by atoms with E-state index >= 15 is 0 Å². The monoisotopic (exact) mass is 325 g/mol. The summed E-state index contributed by atoms with van der Waals surface area (Å²) in [5, 5.41) is 2.77. The minimum absolute atomic E-state index is 0.177. The Labute approximate surface area is 142 Å². The van der Waals surface area contributed by atoms with Crippen LogP contribution >= 0.6 is 0 Å². The molecule has 4 nitrogen and oxygen atoms in total. The van der Waals surface area contributed by atoms with E-state index in [-0.39, 0.29) is 18.9 Å². The number of benzene rings is 2. The zero-order valence-electron chi connectivity index (χ0n) is 14.2. The van der Waals surface area contributed by atoms with Gasteiger partial charge in [0, 0.05) is 6.54 Å². The number of hydrogen-bond acceptors (Lipinski definition) is 3. The van der Waals surface area contributed by atoms with Crippen LogP contribution in [0.1, 0.15) is 22.3 Å². The Bertz CT molecular complexity index is 692. The van der Waals surface area contributed by atoms with Crippen molar-refractivity contribution in [2.24, 2.45) is 0 Å². The highest BCUT2D eigenvalue weighted by atomic mass is 16.5. The zero-order chi connectivity index (χ0) is 17.4. The molecule has 0 aromatic heterocycles. The lowest BCUT2D eigenvalue weighted by Crippen LogP contribution is -2.30. The lowest BCUT2D eigenvalue weighted by molar-refractivity contribution is -0.147. The summed E-state index contributed by atoms with van der Waals surface area (Å²) in [7, 11) is 0. The third-order valence-electron chi connectivity index (χ3n) is 3.81. The summed E-state index contributed by atoms with van der Waals surface area (Å²) < 4.78 is 5.01. The van der Waals surface area contributed by atoms with Gasteiger partial charge in [-0.3, -0.25) is 9.59 Å². The third kappa shape index (κ3) is 5.88. The van der Waals surface area contributed by atoms with Crippen molar-refractivity contribution in [2.45, 2.75) is 26.7 Å². The third-order valence-corrected chi connectivity index (χ3v) is 3.81. The molecular weight excluding hydrogens is 302 g/mol. The predicted octanol–water partition coefficient (Wildman–Crippen LogP) is 2.75. The van der Waals surface area contributed by atoms with Gasteiger partial charge < -0.3 is 10.1 Å². The first kappa shape index (κ1) is 17.7. The second-order valence-corrected chi connectivity index (χ2v) is 5.85. The van der Waals surface area contributed by atoms with Crippen LogP contribution in [-0.4, -0.2) is 25.0 Å². The summed E-state index contributed by atoms with van der Waals surface area (Å²) in [6.45, 7) is 4.32. The molecule has 0 aliphatic heterocycles. The number of nitrogens with one attached hydrogen (secondary N) is 1. The molecule has 0 spiro atoms. The standard InChI is InChI=1S/C20H23NO3/c1-15-7-9-17(10-8-15)13-20(23)24-14-19(22)21-12-11-18-6-4-3-5-16(18)2/h3-10H,11-14H2,1-2H3,(H,21,22). The minimum Gasteiger partial charge on any atom is -0.455 e. The minimum atomic E-state index is -0.395. The van der Waals surface area contributed by atoms with E-state index in [0.717, 1.165) is 17.5 Å². The van der Waals surface area contributed by atoms with E-state index in [1.807, 2.05) is 62.4 Å². The van der Waals surface area contributed by atoms with Crippen molar-refractivity contribution in [1.29, 1.82) is 0 Å². The van der Waals surface area contributed by atoms with Gasteiger partial charge in [-0.1, -0.05) is 54.1 Å². The molecule has 1 amide bonds. The molecule has 0 radical (unpaired) electrons. The van der Waals surface area contributed by atoms with E-state index in [1.54, 1.807) is 0 Å². The number of carbonyl (C=O) groups excluding carboxylic acids is 2. The molecular formula is C20H23NO3. The molecule has 0 fully saturated rings. The van der Waals surface area contributed by atoms with Gasteiger partial charge in [0.15, 0.2) is 6.61 Å².